The summed E-state index contributed by atoms with van der Waals surface area (Å²) in [5.41, 5.74) is 1.18. The summed E-state index contributed by atoms with van der Waals surface area (Å²) >= 11 is 1.60. The Balaban J connectivity index is 2.18. The molecule has 0 aliphatic rings. The molecule has 0 radical (unpaired) electrons. The van der Waals surface area contributed by atoms with Crippen LogP contribution in [0, 0.1) is 0 Å². The zero-order valence-corrected chi connectivity index (χ0v) is 9.45. The molecule has 1 heterocycles. The first kappa shape index (κ1) is 10.4. The van der Waals surface area contributed by atoms with E-state index in [1.807, 2.05) is 35.7 Å². The third-order valence-electron chi connectivity index (χ3n) is 2.63. The van der Waals surface area contributed by atoms with E-state index in [9.17, 15) is 5.11 Å². The second-order valence-corrected chi connectivity index (χ2v) is 4.64. The number of thiophene rings is 1. The van der Waals surface area contributed by atoms with Gasteiger partial charge in [-0.05, 0) is 17.0 Å². The average Bonchev–Trinajstić information content (AvgIpc) is 2.82. The molecule has 0 amide bonds. The van der Waals surface area contributed by atoms with Gasteiger partial charge in [-0.1, -0.05) is 43.3 Å². The molecule has 0 aliphatic carbocycles. The monoisotopic (exact) mass is 218 g/mol. The molecule has 2 atom stereocenters. The van der Waals surface area contributed by atoms with Crippen LogP contribution >= 0.6 is 11.3 Å². The van der Waals surface area contributed by atoms with E-state index < -0.39 is 6.10 Å². The molecule has 2 aromatic rings. The van der Waals surface area contributed by atoms with Crippen molar-refractivity contribution in [3.63, 3.8) is 0 Å². The summed E-state index contributed by atoms with van der Waals surface area (Å²) in [7, 11) is 0. The fourth-order valence-corrected chi connectivity index (χ4v) is 2.46. The van der Waals surface area contributed by atoms with Gasteiger partial charge < -0.3 is 5.11 Å². The molecule has 1 aromatic carbocycles. The Labute approximate surface area is 94.0 Å². The maximum Gasteiger partial charge on any atom is 0.0947 e. The molecule has 1 aromatic heterocycles. The summed E-state index contributed by atoms with van der Waals surface area (Å²) in [6.45, 7) is 2.06. The minimum atomic E-state index is -0.396. The lowest BCUT2D eigenvalue weighted by Crippen LogP contribution is -2.05. The quantitative estimate of drug-likeness (QED) is 0.834. The van der Waals surface area contributed by atoms with E-state index in [-0.39, 0.29) is 5.92 Å². The highest BCUT2D eigenvalue weighted by Gasteiger charge is 2.18. The number of aliphatic hydroxyl groups excluding tert-OH is 1. The van der Waals surface area contributed by atoms with Crippen LogP contribution in [0.15, 0.2) is 47.8 Å². The van der Waals surface area contributed by atoms with Crippen molar-refractivity contribution >= 4 is 11.3 Å². The highest BCUT2D eigenvalue weighted by atomic mass is 32.1. The number of rotatable bonds is 3. The Kier molecular flexibility index (Phi) is 3.19. The van der Waals surface area contributed by atoms with E-state index in [4.69, 9.17) is 0 Å². The van der Waals surface area contributed by atoms with Crippen molar-refractivity contribution in [2.75, 3.05) is 0 Å². The van der Waals surface area contributed by atoms with Gasteiger partial charge in [-0.15, -0.1) is 11.3 Å². The molecule has 1 N–H and O–H groups in total. The average molecular weight is 218 g/mol. The summed E-state index contributed by atoms with van der Waals surface area (Å²) < 4.78 is 0. The summed E-state index contributed by atoms with van der Waals surface area (Å²) in [5.74, 6) is 0.143. The van der Waals surface area contributed by atoms with E-state index in [1.165, 1.54) is 5.56 Å². The summed E-state index contributed by atoms with van der Waals surface area (Å²) in [5, 5.41) is 12.1. The van der Waals surface area contributed by atoms with Crippen LogP contribution in [0.5, 0.6) is 0 Å². The van der Waals surface area contributed by atoms with Crippen molar-refractivity contribution in [1.82, 2.24) is 0 Å². The van der Waals surface area contributed by atoms with E-state index in [1.54, 1.807) is 11.3 Å². The van der Waals surface area contributed by atoms with Gasteiger partial charge in [0.25, 0.3) is 0 Å². The number of aliphatic hydroxyl groups is 1. The summed E-state index contributed by atoms with van der Waals surface area (Å²) in [6.07, 6.45) is -0.396. The number of hydrogen-bond donors (Lipinski definition) is 1. The highest BCUT2D eigenvalue weighted by Crippen LogP contribution is 2.32. The maximum absolute atomic E-state index is 10.1. The van der Waals surface area contributed by atoms with E-state index >= 15 is 0 Å². The van der Waals surface area contributed by atoms with Crippen LogP contribution in [0.25, 0.3) is 0 Å². The van der Waals surface area contributed by atoms with Crippen molar-refractivity contribution in [3.8, 4) is 0 Å². The molecule has 0 spiro atoms. The summed E-state index contributed by atoms with van der Waals surface area (Å²) in [6, 6.07) is 14.1. The minimum absolute atomic E-state index is 0.143. The molecule has 78 valence electrons. The molecule has 15 heavy (non-hydrogen) atoms. The van der Waals surface area contributed by atoms with E-state index in [0.29, 0.717) is 0 Å². The highest BCUT2D eigenvalue weighted by molar-refractivity contribution is 7.10. The number of benzene rings is 1. The standard InChI is InChI=1S/C13H14OS/c1-10(11-6-3-2-4-7-11)13(14)12-8-5-9-15-12/h2-10,13-14H,1H3. The van der Waals surface area contributed by atoms with Crippen LogP contribution in [0.1, 0.15) is 29.4 Å². The van der Waals surface area contributed by atoms with Gasteiger partial charge in [0, 0.05) is 10.8 Å². The molecular formula is C13H14OS. The fraction of sp³-hybridized carbons (Fsp3) is 0.231. The topological polar surface area (TPSA) is 20.2 Å². The smallest absolute Gasteiger partial charge is 0.0947 e. The lowest BCUT2D eigenvalue weighted by atomic mass is 9.95. The molecular weight excluding hydrogens is 204 g/mol. The lowest BCUT2D eigenvalue weighted by molar-refractivity contribution is 0.155. The van der Waals surface area contributed by atoms with Gasteiger partial charge >= 0.3 is 0 Å². The first-order chi connectivity index (χ1) is 7.29. The zero-order chi connectivity index (χ0) is 10.7. The maximum atomic E-state index is 10.1. The van der Waals surface area contributed by atoms with Crippen molar-refractivity contribution in [3.05, 3.63) is 58.3 Å². The predicted molar refractivity (Wildman–Crippen MR) is 64.1 cm³/mol. The third-order valence-corrected chi connectivity index (χ3v) is 3.58. The van der Waals surface area contributed by atoms with Gasteiger partial charge in [0.15, 0.2) is 0 Å². The van der Waals surface area contributed by atoms with Gasteiger partial charge in [-0.25, -0.2) is 0 Å². The van der Waals surface area contributed by atoms with Crippen molar-refractivity contribution in [2.45, 2.75) is 18.9 Å². The van der Waals surface area contributed by atoms with Gasteiger partial charge in [-0.2, -0.15) is 0 Å². The Bertz CT molecular complexity index is 394. The molecule has 2 rings (SSSR count). The van der Waals surface area contributed by atoms with Gasteiger partial charge in [-0.3, -0.25) is 0 Å². The molecule has 0 aliphatic heterocycles. The van der Waals surface area contributed by atoms with Crippen LogP contribution < -0.4 is 0 Å². The van der Waals surface area contributed by atoms with Gasteiger partial charge in [0.1, 0.15) is 0 Å². The zero-order valence-electron chi connectivity index (χ0n) is 8.63. The Morgan fingerprint density at radius 1 is 1.07 bits per heavy atom. The molecule has 2 heteroatoms. The largest absolute Gasteiger partial charge is 0.387 e. The predicted octanol–water partition coefficient (Wildman–Crippen LogP) is 3.59. The Morgan fingerprint density at radius 2 is 1.80 bits per heavy atom. The third kappa shape index (κ3) is 2.28. The van der Waals surface area contributed by atoms with Crippen LogP contribution in [-0.4, -0.2) is 5.11 Å². The number of hydrogen-bond acceptors (Lipinski definition) is 2. The van der Waals surface area contributed by atoms with E-state index in [2.05, 4.69) is 19.1 Å². The molecule has 1 nitrogen and oxygen atoms in total. The second-order valence-electron chi connectivity index (χ2n) is 3.66. The normalized spacial score (nSPS) is 14.8. The molecule has 2 unspecified atom stereocenters. The Hall–Kier alpha value is -1.12. The second kappa shape index (κ2) is 4.60. The fourth-order valence-electron chi connectivity index (χ4n) is 1.64. The van der Waals surface area contributed by atoms with E-state index in [0.717, 1.165) is 4.88 Å². The van der Waals surface area contributed by atoms with Gasteiger partial charge in [0.2, 0.25) is 0 Å². The lowest BCUT2D eigenvalue weighted by Gasteiger charge is -2.17. The van der Waals surface area contributed by atoms with Crippen LogP contribution in [0.4, 0.5) is 0 Å². The van der Waals surface area contributed by atoms with Crippen molar-refractivity contribution in [1.29, 1.82) is 0 Å². The van der Waals surface area contributed by atoms with Crippen molar-refractivity contribution in [2.24, 2.45) is 0 Å². The molecule has 0 bridgehead atoms. The molecule has 0 saturated heterocycles. The Morgan fingerprint density at radius 3 is 2.40 bits per heavy atom. The first-order valence-electron chi connectivity index (χ1n) is 5.05. The molecule has 0 fully saturated rings. The van der Waals surface area contributed by atoms with Crippen molar-refractivity contribution < 1.29 is 5.11 Å². The first-order valence-corrected chi connectivity index (χ1v) is 5.93. The van der Waals surface area contributed by atoms with Gasteiger partial charge in [0.05, 0.1) is 6.10 Å². The minimum Gasteiger partial charge on any atom is -0.387 e. The van der Waals surface area contributed by atoms with Crippen LogP contribution in [0.3, 0.4) is 0 Å². The van der Waals surface area contributed by atoms with Crippen LogP contribution in [-0.2, 0) is 0 Å². The van der Waals surface area contributed by atoms with Crippen LogP contribution in [0.2, 0.25) is 0 Å². The summed E-state index contributed by atoms with van der Waals surface area (Å²) in [4.78, 5) is 1.03. The SMILES string of the molecule is CC(c1ccccc1)C(O)c1cccs1. The molecule has 0 saturated carbocycles.